The first-order valence-electron chi connectivity index (χ1n) is 9.69. The van der Waals surface area contributed by atoms with Crippen molar-refractivity contribution in [2.75, 3.05) is 20.8 Å². The summed E-state index contributed by atoms with van der Waals surface area (Å²) in [6.45, 7) is 2.60. The monoisotopic (exact) mass is 541 g/mol. The molecule has 15 heteroatoms. The molecule has 0 aliphatic heterocycles. The van der Waals surface area contributed by atoms with E-state index in [1.165, 1.54) is 13.8 Å². The molecule has 35 heavy (non-hydrogen) atoms. The Balaban J connectivity index is 2.63. The SMILES string of the molecule is CCOC(=O)c1cc(Oc2ccc(C(F)(F)F)cc2Cl)cc(OC(C)P(=O)(OC)OC)c1[N+](=O)[O-]. The number of halogens is 4. The fraction of sp³-hybridized carbons (Fsp3) is 0.350. The summed E-state index contributed by atoms with van der Waals surface area (Å²) in [4.78, 5) is 23.3. The number of esters is 1. The molecule has 0 heterocycles. The first-order valence-corrected chi connectivity index (χ1v) is 11.7. The molecule has 0 radical (unpaired) electrons. The van der Waals surface area contributed by atoms with Crippen molar-refractivity contribution in [2.45, 2.75) is 25.9 Å². The minimum atomic E-state index is -4.65. The normalized spacial score (nSPS) is 12.7. The maximum Gasteiger partial charge on any atom is 0.416 e. The summed E-state index contributed by atoms with van der Waals surface area (Å²) in [5, 5.41) is 11.4. The van der Waals surface area contributed by atoms with Crippen molar-refractivity contribution in [3.05, 3.63) is 56.6 Å². The lowest BCUT2D eigenvalue weighted by Gasteiger charge is -2.22. The average Bonchev–Trinajstić information content (AvgIpc) is 2.78. The second kappa shape index (κ2) is 11.3. The van der Waals surface area contributed by atoms with Crippen LogP contribution in [-0.2, 0) is 24.5 Å². The molecule has 0 amide bonds. The van der Waals surface area contributed by atoms with Crippen LogP contribution in [0, 0.1) is 10.1 Å². The summed E-state index contributed by atoms with van der Waals surface area (Å²) < 4.78 is 76.8. The summed E-state index contributed by atoms with van der Waals surface area (Å²) in [6.07, 6.45) is -4.65. The minimum Gasteiger partial charge on any atom is -0.471 e. The van der Waals surface area contributed by atoms with Gasteiger partial charge in [-0.1, -0.05) is 11.6 Å². The van der Waals surface area contributed by atoms with Gasteiger partial charge in [-0.15, -0.1) is 0 Å². The van der Waals surface area contributed by atoms with Crippen LogP contribution in [0.25, 0.3) is 0 Å². The predicted molar refractivity (Wildman–Crippen MR) is 117 cm³/mol. The molecule has 2 aromatic carbocycles. The van der Waals surface area contributed by atoms with Crippen molar-refractivity contribution in [1.82, 2.24) is 0 Å². The molecule has 0 saturated heterocycles. The zero-order valence-corrected chi connectivity index (χ0v) is 20.4. The fourth-order valence-corrected chi connectivity index (χ4v) is 4.00. The highest BCUT2D eigenvalue weighted by atomic mass is 35.5. The third-order valence-corrected chi connectivity index (χ3v) is 6.77. The Labute approximate surface area is 202 Å². The molecule has 0 spiro atoms. The molecule has 192 valence electrons. The summed E-state index contributed by atoms with van der Waals surface area (Å²) in [5.74, 6) is -3.58. The number of ether oxygens (including phenoxy) is 3. The Bertz CT molecular complexity index is 1150. The summed E-state index contributed by atoms with van der Waals surface area (Å²) in [6, 6.07) is 4.19. The van der Waals surface area contributed by atoms with Crippen LogP contribution in [0.5, 0.6) is 17.2 Å². The number of nitrogens with zero attached hydrogens (tertiary/aromatic N) is 1. The molecule has 0 N–H and O–H groups in total. The summed E-state index contributed by atoms with van der Waals surface area (Å²) in [5.41, 5.74) is -2.46. The van der Waals surface area contributed by atoms with Gasteiger partial charge >= 0.3 is 25.4 Å². The van der Waals surface area contributed by atoms with E-state index in [9.17, 15) is 32.6 Å². The molecule has 0 saturated carbocycles. The van der Waals surface area contributed by atoms with Gasteiger partial charge in [-0.05, 0) is 32.0 Å². The number of alkyl halides is 3. The van der Waals surface area contributed by atoms with Crippen LogP contribution in [0.2, 0.25) is 5.02 Å². The van der Waals surface area contributed by atoms with Gasteiger partial charge in [-0.25, -0.2) is 4.79 Å². The van der Waals surface area contributed by atoms with Gasteiger partial charge in [0.05, 0.1) is 22.1 Å². The van der Waals surface area contributed by atoms with E-state index < -0.39 is 58.1 Å². The Kier molecular flexibility index (Phi) is 9.12. The van der Waals surface area contributed by atoms with Gasteiger partial charge in [-0.3, -0.25) is 14.7 Å². The molecular formula is C20H20ClF3NO9P. The molecule has 1 atom stereocenters. The molecule has 1 unspecified atom stereocenters. The second-order valence-electron chi connectivity index (χ2n) is 6.66. The molecule has 2 rings (SSSR count). The van der Waals surface area contributed by atoms with E-state index in [4.69, 9.17) is 34.9 Å². The van der Waals surface area contributed by atoms with Crippen LogP contribution in [0.1, 0.15) is 29.8 Å². The Morgan fingerprint density at radius 3 is 2.29 bits per heavy atom. The smallest absolute Gasteiger partial charge is 0.416 e. The molecule has 0 aliphatic carbocycles. The molecular weight excluding hydrogens is 522 g/mol. The van der Waals surface area contributed by atoms with Gasteiger partial charge in [0, 0.05) is 26.4 Å². The molecule has 10 nitrogen and oxygen atoms in total. The van der Waals surface area contributed by atoms with Crippen molar-refractivity contribution in [3.63, 3.8) is 0 Å². The topological polar surface area (TPSA) is 123 Å². The number of nitro benzene ring substituents is 1. The van der Waals surface area contributed by atoms with Crippen LogP contribution in [-0.4, -0.2) is 37.6 Å². The van der Waals surface area contributed by atoms with Crippen LogP contribution in [0.4, 0.5) is 18.9 Å². The van der Waals surface area contributed by atoms with E-state index in [0.29, 0.717) is 12.1 Å². The van der Waals surface area contributed by atoms with Crippen LogP contribution >= 0.6 is 19.2 Å². The molecule has 0 aromatic heterocycles. The van der Waals surface area contributed by atoms with Crippen molar-refractivity contribution in [3.8, 4) is 17.2 Å². The van der Waals surface area contributed by atoms with E-state index in [2.05, 4.69) is 0 Å². The zero-order valence-electron chi connectivity index (χ0n) is 18.8. The fourth-order valence-electron chi connectivity index (χ4n) is 2.79. The highest BCUT2D eigenvalue weighted by Crippen LogP contribution is 2.53. The maximum absolute atomic E-state index is 12.9. The van der Waals surface area contributed by atoms with Gasteiger partial charge in [0.2, 0.25) is 5.75 Å². The minimum absolute atomic E-state index is 0.124. The van der Waals surface area contributed by atoms with Crippen LogP contribution in [0.3, 0.4) is 0 Å². The van der Waals surface area contributed by atoms with Gasteiger partial charge in [0.25, 0.3) is 0 Å². The maximum atomic E-state index is 12.9. The molecule has 0 aliphatic rings. The second-order valence-corrected chi connectivity index (χ2v) is 9.61. The van der Waals surface area contributed by atoms with Crippen molar-refractivity contribution in [1.29, 1.82) is 0 Å². The van der Waals surface area contributed by atoms with Crippen molar-refractivity contribution >= 4 is 30.9 Å². The van der Waals surface area contributed by atoms with Gasteiger partial charge < -0.3 is 23.3 Å². The third-order valence-electron chi connectivity index (χ3n) is 4.47. The van der Waals surface area contributed by atoms with Crippen LogP contribution in [0.15, 0.2) is 30.3 Å². The number of benzene rings is 2. The largest absolute Gasteiger partial charge is 0.471 e. The zero-order chi connectivity index (χ0) is 26.6. The lowest BCUT2D eigenvalue weighted by atomic mass is 10.1. The highest BCUT2D eigenvalue weighted by Gasteiger charge is 2.36. The summed E-state index contributed by atoms with van der Waals surface area (Å²) in [7, 11) is -1.72. The van der Waals surface area contributed by atoms with Gasteiger partial charge in [0.1, 0.15) is 17.1 Å². The number of rotatable bonds is 10. The number of hydrogen-bond acceptors (Lipinski definition) is 9. The lowest BCUT2D eigenvalue weighted by molar-refractivity contribution is -0.386. The Morgan fingerprint density at radius 1 is 1.17 bits per heavy atom. The van der Waals surface area contributed by atoms with E-state index in [1.54, 1.807) is 0 Å². The molecule has 0 bridgehead atoms. The Morgan fingerprint density at radius 2 is 1.80 bits per heavy atom. The van der Waals surface area contributed by atoms with E-state index in [1.807, 2.05) is 0 Å². The lowest BCUT2D eigenvalue weighted by Crippen LogP contribution is -2.17. The number of carbonyl (C=O) groups is 1. The Hall–Kier alpha value is -2.86. The first-order chi connectivity index (χ1) is 16.3. The highest BCUT2D eigenvalue weighted by molar-refractivity contribution is 7.54. The van der Waals surface area contributed by atoms with E-state index in [-0.39, 0.29) is 18.1 Å². The number of nitro groups is 1. The molecule has 2 aromatic rings. The standard InChI is InChI=1S/C20H20ClF3NO9P/c1-5-32-19(26)14-9-13(34-16-7-6-12(8-15(16)21)20(22,23)24)10-17(18(14)25(27)28)33-11(2)35(29,30-3)31-4/h6-11H,5H2,1-4H3. The van der Waals surface area contributed by atoms with Crippen molar-refractivity contribution in [2.24, 2.45) is 0 Å². The first kappa shape index (κ1) is 28.4. The van der Waals surface area contributed by atoms with Gasteiger partial charge in [0.15, 0.2) is 5.85 Å². The summed E-state index contributed by atoms with van der Waals surface area (Å²) >= 11 is 5.91. The average molecular weight is 542 g/mol. The molecule has 0 fully saturated rings. The van der Waals surface area contributed by atoms with Crippen molar-refractivity contribution < 1.29 is 50.7 Å². The van der Waals surface area contributed by atoms with Gasteiger partial charge in [-0.2, -0.15) is 13.2 Å². The quantitative estimate of drug-likeness (QED) is 0.144. The third kappa shape index (κ3) is 6.63. The van der Waals surface area contributed by atoms with E-state index >= 15 is 0 Å². The predicted octanol–water partition coefficient (Wildman–Crippen LogP) is 6.45. The number of carbonyl (C=O) groups excluding carboxylic acids is 1. The number of hydrogen-bond donors (Lipinski definition) is 0. The van der Waals surface area contributed by atoms with Crippen LogP contribution < -0.4 is 9.47 Å². The van der Waals surface area contributed by atoms with E-state index in [0.717, 1.165) is 32.4 Å².